The quantitative estimate of drug-likeness (QED) is 0.130. The highest BCUT2D eigenvalue weighted by Gasteiger charge is 2.17. The van der Waals surface area contributed by atoms with Gasteiger partial charge in [-0.1, -0.05) is 55.5 Å². The monoisotopic (exact) mass is 554 g/mol. The second kappa shape index (κ2) is 13.0. The molecule has 0 atom stereocenters. The number of unbranched alkanes of at least 4 members (excludes halogenated alkanes) is 3. The van der Waals surface area contributed by atoms with Crippen molar-refractivity contribution < 1.29 is 19.0 Å². The summed E-state index contributed by atoms with van der Waals surface area (Å²) in [6, 6.07) is 16.6. The number of carbonyl (C=O) groups excluding carboxylic acids is 1. The Bertz CT molecular complexity index is 1420. The number of hydrogen-bond donors (Lipinski definition) is 0. The summed E-state index contributed by atoms with van der Waals surface area (Å²) < 4.78 is 19.1. The lowest BCUT2D eigenvalue weighted by Gasteiger charge is -2.14. The highest BCUT2D eigenvalue weighted by Crippen LogP contribution is 2.35. The van der Waals surface area contributed by atoms with Gasteiger partial charge in [0.15, 0.2) is 11.5 Å². The fraction of sp³-hybridized carbons (Fsp3) is 0.333. The maximum Gasteiger partial charge on any atom is 0.338 e. The number of fused-ring (bicyclic) bond motifs is 1. The molecular formula is C30H32Cl2N2O4. The Morgan fingerprint density at radius 3 is 2.53 bits per heavy atom. The van der Waals surface area contributed by atoms with Crippen LogP contribution in [0.4, 0.5) is 0 Å². The summed E-state index contributed by atoms with van der Waals surface area (Å²) in [4.78, 5) is 17.2. The molecule has 0 saturated heterocycles. The molecule has 38 heavy (non-hydrogen) atoms. The molecule has 0 unspecified atom stereocenters. The van der Waals surface area contributed by atoms with Crippen LogP contribution in [0.3, 0.4) is 0 Å². The Hall–Kier alpha value is -3.22. The van der Waals surface area contributed by atoms with Crippen molar-refractivity contribution in [1.82, 2.24) is 9.55 Å². The van der Waals surface area contributed by atoms with Crippen molar-refractivity contribution in [3.05, 3.63) is 75.8 Å². The van der Waals surface area contributed by atoms with Crippen LogP contribution in [-0.4, -0.2) is 29.2 Å². The molecule has 6 nitrogen and oxygen atoms in total. The number of nitrogens with zero attached hydrogens (tertiary/aromatic N) is 2. The fourth-order valence-corrected chi connectivity index (χ4v) is 4.80. The van der Waals surface area contributed by atoms with Crippen LogP contribution in [-0.2, 0) is 17.9 Å². The minimum atomic E-state index is -0.350. The Morgan fingerprint density at radius 2 is 1.79 bits per heavy atom. The first-order valence-corrected chi connectivity index (χ1v) is 13.6. The molecule has 0 bridgehead atoms. The van der Waals surface area contributed by atoms with Crippen molar-refractivity contribution in [2.75, 3.05) is 13.7 Å². The SMILES string of the molecule is CCCCCCn1c(-c2ccc(OCc3ccc(Cl)cc3Cl)c(OC)c2)nc2cc(C(=O)OCC)ccc21. The summed E-state index contributed by atoms with van der Waals surface area (Å²) in [5.74, 6) is 1.64. The van der Waals surface area contributed by atoms with Gasteiger partial charge in [-0.15, -0.1) is 0 Å². The van der Waals surface area contributed by atoms with E-state index in [0.717, 1.165) is 47.4 Å². The van der Waals surface area contributed by atoms with Crippen molar-refractivity contribution >= 4 is 40.2 Å². The second-order valence-corrected chi connectivity index (χ2v) is 9.81. The van der Waals surface area contributed by atoms with Gasteiger partial charge in [0.25, 0.3) is 0 Å². The maximum atomic E-state index is 12.3. The van der Waals surface area contributed by atoms with Gasteiger partial charge in [0, 0.05) is 27.7 Å². The fourth-order valence-electron chi connectivity index (χ4n) is 4.33. The normalized spacial score (nSPS) is 11.1. The van der Waals surface area contributed by atoms with Crippen molar-refractivity contribution in [3.8, 4) is 22.9 Å². The Morgan fingerprint density at radius 1 is 0.947 bits per heavy atom. The molecule has 4 aromatic rings. The zero-order valence-corrected chi connectivity index (χ0v) is 23.4. The zero-order chi connectivity index (χ0) is 27.1. The van der Waals surface area contributed by atoms with Gasteiger partial charge in [0.2, 0.25) is 0 Å². The molecule has 0 amide bonds. The number of aryl methyl sites for hydroxylation is 1. The number of aromatic nitrogens is 2. The van der Waals surface area contributed by atoms with Gasteiger partial charge in [-0.25, -0.2) is 9.78 Å². The predicted molar refractivity (Wildman–Crippen MR) is 153 cm³/mol. The molecule has 0 radical (unpaired) electrons. The highest BCUT2D eigenvalue weighted by atomic mass is 35.5. The maximum absolute atomic E-state index is 12.3. The molecule has 8 heteroatoms. The number of halogens is 2. The van der Waals surface area contributed by atoms with Crippen LogP contribution in [0, 0.1) is 0 Å². The minimum absolute atomic E-state index is 0.276. The van der Waals surface area contributed by atoms with Gasteiger partial charge in [-0.05, 0) is 61.9 Å². The van der Waals surface area contributed by atoms with Gasteiger partial charge >= 0.3 is 5.97 Å². The second-order valence-electron chi connectivity index (χ2n) is 8.96. The summed E-state index contributed by atoms with van der Waals surface area (Å²) in [6.45, 7) is 5.42. The van der Waals surface area contributed by atoms with E-state index < -0.39 is 0 Å². The number of esters is 1. The summed E-state index contributed by atoms with van der Waals surface area (Å²) in [5, 5.41) is 1.12. The molecule has 0 saturated carbocycles. The Balaban J connectivity index is 1.67. The number of ether oxygens (including phenoxy) is 3. The smallest absolute Gasteiger partial charge is 0.338 e. The van der Waals surface area contributed by atoms with E-state index in [4.69, 9.17) is 42.4 Å². The Labute approximate surface area is 233 Å². The molecule has 0 spiro atoms. The highest BCUT2D eigenvalue weighted by molar-refractivity contribution is 6.35. The summed E-state index contributed by atoms with van der Waals surface area (Å²) >= 11 is 12.3. The van der Waals surface area contributed by atoms with E-state index in [2.05, 4.69) is 11.5 Å². The third-order valence-electron chi connectivity index (χ3n) is 6.31. The third kappa shape index (κ3) is 6.43. The molecule has 0 fully saturated rings. The molecule has 0 aliphatic heterocycles. The lowest BCUT2D eigenvalue weighted by molar-refractivity contribution is 0.0526. The van der Waals surface area contributed by atoms with Gasteiger partial charge in [-0.2, -0.15) is 0 Å². The molecular weight excluding hydrogens is 523 g/mol. The first-order chi connectivity index (χ1) is 18.4. The number of hydrogen-bond acceptors (Lipinski definition) is 5. The molecule has 1 aromatic heterocycles. The van der Waals surface area contributed by atoms with Gasteiger partial charge in [0.05, 0.1) is 30.3 Å². The molecule has 1 heterocycles. The standard InChI is InChI=1S/C30H32Cl2N2O4/c1-4-6-7-8-15-34-26-13-10-21(30(35)37-5-2)16-25(26)33-29(34)20-11-14-27(28(17-20)36-3)38-19-22-9-12-23(31)18-24(22)32/h9-14,16-18H,4-8,15,19H2,1-3H3. The van der Waals surface area contributed by atoms with E-state index in [1.165, 1.54) is 12.8 Å². The van der Waals surface area contributed by atoms with Crippen LogP contribution in [0.1, 0.15) is 55.5 Å². The van der Waals surface area contributed by atoms with E-state index in [9.17, 15) is 4.79 Å². The van der Waals surface area contributed by atoms with Crippen molar-refractivity contribution in [1.29, 1.82) is 0 Å². The topological polar surface area (TPSA) is 62.6 Å². The summed E-state index contributed by atoms with van der Waals surface area (Å²) in [5.41, 5.74) is 3.93. The van der Waals surface area contributed by atoms with E-state index in [-0.39, 0.29) is 12.6 Å². The molecule has 4 rings (SSSR count). The summed E-state index contributed by atoms with van der Waals surface area (Å²) in [7, 11) is 1.61. The van der Waals surface area contributed by atoms with E-state index >= 15 is 0 Å². The van der Waals surface area contributed by atoms with Crippen LogP contribution < -0.4 is 9.47 Å². The number of rotatable bonds is 12. The van der Waals surface area contributed by atoms with Crippen molar-refractivity contribution in [2.24, 2.45) is 0 Å². The summed E-state index contributed by atoms with van der Waals surface area (Å²) in [6.07, 6.45) is 4.53. The zero-order valence-electron chi connectivity index (χ0n) is 21.9. The number of imidazole rings is 1. The average Bonchev–Trinajstić information content (AvgIpc) is 3.28. The lowest BCUT2D eigenvalue weighted by Crippen LogP contribution is -2.04. The van der Waals surface area contributed by atoms with Crippen LogP contribution >= 0.6 is 23.2 Å². The van der Waals surface area contributed by atoms with E-state index in [1.807, 2.05) is 30.3 Å². The Kier molecular flexibility index (Phi) is 9.53. The number of benzene rings is 3. The predicted octanol–water partition coefficient (Wildman–Crippen LogP) is 8.35. The van der Waals surface area contributed by atoms with Crippen LogP contribution in [0.2, 0.25) is 10.0 Å². The molecule has 3 aromatic carbocycles. The average molecular weight is 556 g/mol. The van der Waals surface area contributed by atoms with Crippen molar-refractivity contribution in [2.45, 2.75) is 52.7 Å². The third-order valence-corrected chi connectivity index (χ3v) is 6.90. The van der Waals surface area contributed by atoms with Crippen LogP contribution in [0.25, 0.3) is 22.4 Å². The molecule has 0 aliphatic rings. The van der Waals surface area contributed by atoms with Crippen LogP contribution in [0.5, 0.6) is 11.5 Å². The van der Waals surface area contributed by atoms with E-state index in [0.29, 0.717) is 33.7 Å². The van der Waals surface area contributed by atoms with Gasteiger partial charge in [-0.3, -0.25) is 0 Å². The largest absolute Gasteiger partial charge is 0.493 e. The molecule has 0 N–H and O–H groups in total. The van der Waals surface area contributed by atoms with E-state index in [1.54, 1.807) is 38.3 Å². The number of methoxy groups -OCH3 is 1. The molecule has 0 aliphatic carbocycles. The van der Waals surface area contributed by atoms with Gasteiger partial charge in [0.1, 0.15) is 12.4 Å². The van der Waals surface area contributed by atoms with Crippen LogP contribution in [0.15, 0.2) is 54.6 Å². The number of carbonyl (C=O) groups is 1. The van der Waals surface area contributed by atoms with Gasteiger partial charge < -0.3 is 18.8 Å². The van der Waals surface area contributed by atoms with Crippen molar-refractivity contribution in [3.63, 3.8) is 0 Å². The first-order valence-electron chi connectivity index (χ1n) is 12.9. The lowest BCUT2D eigenvalue weighted by atomic mass is 10.1. The molecule has 200 valence electrons. The minimum Gasteiger partial charge on any atom is -0.493 e. The first kappa shape index (κ1) is 27.8.